The fraction of sp³-hybridized carbons (Fsp3) is 0.429. The average Bonchev–Trinajstić information content (AvgIpc) is 3.63. The average molecular weight is 490 g/mol. The first-order valence-corrected chi connectivity index (χ1v) is 12.4. The van der Waals surface area contributed by atoms with Gasteiger partial charge in [-0.3, -0.25) is 19.3 Å². The zero-order chi connectivity index (χ0) is 25.7. The van der Waals surface area contributed by atoms with E-state index in [-0.39, 0.29) is 36.6 Å². The normalized spacial score (nSPS) is 21.2. The smallest absolute Gasteiger partial charge is 0.354 e. The van der Waals surface area contributed by atoms with Crippen LogP contribution in [0.15, 0.2) is 54.6 Å². The molecule has 8 heteroatoms. The molecular formula is C28H31N3O5. The van der Waals surface area contributed by atoms with E-state index in [9.17, 15) is 19.2 Å². The number of fused-ring (bicyclic) bond motifs is 3. The summed E-state index contributed by atoms with van der Waals surface area (Å²) in [7, 11) is 0. The summed E-state index contributed by atoms with van der Waals surface area (Å²) < 4.78 is 5.66. The van der Waals surface area contributed by atoms with E-state index in [1.807, 2.05) is 51.1 Å². The molecule has 1 saturated carbocycles. The third-order valence-corrected chi connectivity index (χ3v) is 7.16. The second-order valence-electron chi connectivity index (χ2n) is 10.7. The Kier molecular flexibility index (Phi) is 5.85. The van der Waals surface area contributed by atoms with Crippen molar-refractivity contribution in [2.24, 2.45) is 0 Å². The second-order valence-corrected chi connectivity index (χ2v) is 10.7. The fourth-order valence-electron chi connectivity index (χ4n) is 5.30. The zero-order valence-corrected chi connectivity index (χ0v) is 20.9. The van der Waals surface area contributed by atoms with Gasteiger partial charge in [-0.1, -0.05) is 42.5 Å². The summed E-state index contributed by atoms with van der Waals surface area (Å²) in [5, 5.41) is 0. The molecule has 2 fully saturated rings. The molecule has 8 nitrogen and oxygen atoms in total. The van der Waals surface area contributed by atoms with Crippen LogP contribution >= 0.6 is 0 Å². The van der Waals surface area contributed by atoms with Crippen molar-refractivity contribution < 1.29 is 23.9 Å². The van der Waals surface area contributed by atoms with E-state index >= 15 is 0 Å². The molecule has 2 aromatic carbocycles. The minimum absolute atomic E-state index is 0.121. The molecule has 1 atom stereocenters. The minimum Gasteiger partial charge on any atom is -0.452 e. The third kappa shape index (κ3) is 3.94. The molecule has 36 heavy (non-hydrogen) atoms. The van der Waals surface area contributed by atoms with Gasteiger partial charge in [0, 0.05) is 31.0 Å². The van der Waals surface area contributed by atoms with Crippen LogP contribution < -0.4 is 4.90 Å². The number of esters is 1. The molecule has 2 aliphatic heterocycles. The topological polar surface area (TPSA) is 87.2 Å². The molecule has 188 valence electrons. The number of hydrogen-bond acceptors (Lipinski definition) is 5. The Balaban J connectivity index is 1.42. The van der Waals surface area contributed by atoms with Gasteiger partial charge >= 0.3 is 5.97 Å². The van der Waals surface area contributed by atoms with Crippen molar-refractivity contribution in [2.75, 3.05) is 11.5 Å². The Bertz CT molecular complexity index is 1220. The number of carbonyl (C=O) groups excluding carboxylic acids is 4. The van der Waals surface area contributed by atoms with Gasteiger partial charge in [0.1, 0.15) is 0 Å². The van der Waals surface area contributed by atoms with Crippen LogP contribution in [-0.4, -0.2) is 57.3 Å². The summed E-state index contributed by atoms with van der Waals surface area (Å²) in [6.45, 7) is 5.68. The molecule has 5 rings (SSSR count). The van der Waals surface area contributed by atoms with Crippen molar-refractivity contribution in [1.29, 1.82) is 0 Å². The Morgan fingerprint density at radius 1 is 1.03 bits per heavy atom. The van der Waals surface area contributed by atoms with Crippen molar-refractivity contribution in [3.63, 3.8) is 0 Å². The summed E-state index contributed by atoms with van der Waals surface area (Å²) in [4.78, 5) is 58.4. The van der Waals surface area contributed by atoms with Crippen LogP contribution in [0.4, 0.5) is 5.69 Å². The van der Waals surface area contributed by atoms with Crippen LogP contribution in [0.3, 0.4) is 0 Å². The summed E-state index contributed by atoms with van der Waals surface area (Å²) in [6, 6.07) is 16.4. The minimum atomic E-state index is -1.56. The van der Waals surface area contributed by atoms with Crippen molar-refractivity contribution in [3.8, 4) is 0 Å². The molecular weight excluding hydrogens is 458 g/mol. The van der Waals surface area contributed by atoms with Gasteiger partial charge in [-0.05, 0) is 51.3 Å². The highest BCUT2D eigenvalue weighted by atomic mass is 16.5. The van der Waals surface area contributed by atoms with Gasteiger partial charge in [-0.2, -0.15) is 0 Å². The van der Waals surface area contributed by atoms with E-state index in [1.165, 1.54) is 4.90 Å². The van der Waals surface area contributed by atoms with E-state index in [0.29, 0.717) is 17.8 Å². The number of hydrogen-bond donors (Lipinski definition) is 0. The van der Waals surface area contributed by atoms with E-state index in [2.05, 4.69) is 0 Å². The quantitative estimate of drug-likeness (QED) is 0.580. The number of rotatable bonds is 6. The summed E-state index contributed by atoms with van der Waals surface area (Å²) in [5.41, 5.74) is -0.276. The van der Waals surface area contributed by atoms with Gasteiger partial charge in [-0.15, -0.1) is 0 Å². The Hall–Kier alpha value is -3.68. The Morgan fingerprint density at radius 2 is 1.69 bits per heavy atom. The van der Waals surface area contributed by atoms with Crippen LogP contribution in [0, 0.1) is 0 Å². The first-order chi connectivity index (χ1) is 17.1. The number of anilines is 1. The molecule has 1 aliphatic carbocycles. The SMILES string of the molecule is CC(C)(C)N(Cc1ccccc1)C(=O)COC(=O)C12CCC(=O)N1c1ccccc1C(=O)N2C1CC1. The lowest BCUT2D eigenvalue weighted by atomic mass is 9.96. The molecule has 3 amide bonds. The van der Waals surface area contributed by atoms with Crippen LogP contribution in [0.1, 0.15) is 62.4 Å². The number of para-hydroxylation sites is 1. The van der Waals surface area contributed by atoms with Crippen molar-refractivity contribution in [1.82, 2.24) is 9.80 Å². The molecule has 0 radical (unpaired) electrons. The van der Waals surface area contributed by atoms with E-state index in [4.69, 9.17) is 4.74 Å². The van der Waals surface area contributed by atoms with Gasteiger partial charge < -0.3 is 14.5 Å². The molecule has 0 bridgehead atoms. The van der Waals surface area contributed by atoms with Crippen LogP contribution in [0.5, 0.6) is 0 Å². The number of ether oxygens (including phenoxy) is 1. The van der Waals surface area contributed by atoms with Gasteiger partial charge in [0.15, 0.2) is 6.61 Å². The van der Waals surface area contributed by atoms with Crippen LogP contribution in [0.2, 0.25) is 0 Å². The fourth-order valence-corrected chi connectivity index (χ4v) is 5.30. The predicted octanol–water partition coefficient (Wildman–Crippen LogP) is 3.50. The summed E-state index contributed by atoms with van der Waals surface area (Å²) in [6.07, 6.45) is 1.79. The number of amides is 3. The molecule has 2 aromatic rings. The second kappa shape index (κ2) is 8.76. The lowest BCUT2D eigenvalue weighted by molar-refractivity contribution is -0.164. The van der Waals surface area contributed by atoms with Gasteiger partial charge in [0.25, 0.3) is 11.8 Å². The van der Waals surface area contributed by atoms with Crippen molar-refractivity contribution in [3.05, 3.63) is 65.7 Å². The lowest BCUT2D eigenvalue weighted by Crippen LogP contribution is -2.69. The summed E-state index contributed by atoms with van der Waals surface area (Å²) >= 11 is 0. The maximum atomic E-state index is 13.8. The van der Waals surface area contributed by atoms with Crippen molar-refractivity contribution in [2.45, 2.75) is 70.2 Å². The van der Waals surface area contributed by atoms with Crippen LogP contribution in [0.25, 0.3) is 0 Å². The summed E-state index contributed by atoms with van der Waals surface area (Å²) in [5.74, 6) is -1.58. The lowest BCUT2D eigenvalue weighted by Gasteiger charge is -2.48. The highest BCUT2D eigenvalue weighted by molar-refractivity contribution is 6.15. The number of carbonyl (C=O) groups is 4. The van der Waals surface area contributed by atoms with Gasteiger partial charge in [-0.25, -0.2) is 4.79 Å². The largest absolute Gasteiger partial charge is 0.452 e. The molecule has 2 heterocycles. The Labute approximate surface area is 210 Å². The number of benzene rings is 2. The van der Waals surface area contributed by atoms with Crippen molar-refractivity contribution >= 4 is 29.4 Å². The van der Waals surface area contributed by atoms with E-state index < -0.39 is 23.8 Å². The number of nitrogens with zero attached hydrogens (tertiary/aromatic N) is 3. The molecule has 1 saturated heterocycles. The molecule has 1 unspecified atom stereocenters. The van der Waals surface area contributed by atoms with Gasteiger partial charge in [0.05, 0.1) is 11.3 Å². The highest BCUT2D eigenvalue weighted by Gasteiger charge is 2.64. The molecule has 3 aliphatic rings. The monoisotopic (exact) mass is 489 g/mol. The van der Waals surface area contributed by atoms with E-state index in [0.717, 1.165) is 18.4 Å². The van der Waals surface area contributed by atoms with Gasteiger partial charge in [0.2, 0.25) is 11.6 Å². The third-order valence-electron chi connectivity index (χ3n) is 7.16. The molecule has 0 spiro atoms. The molecule has 0 aromatic heterocycles. The first kappa shape index (κ1) is 24.0. The molecule has 0 N–H and O–H groups in total. The first-order valence-electron chi connectivity index (χ1n) is 12.4. The predicted molar refractivity (Wildman–Crippen MR) is 133 cm³/mol. The Morgan fingerprint density at radius 3 is 2.36 bits per heavy atom. The highest BCUT2D eigenvalue weighted by Crippen LogP contribution is 2.49. The standard InChI is InChI=1S/C28H31N3O5/c1-27(2,3)29(17-19-9-5-4-6-10-19)24(33)18-36-26(35)28-16-15-23(32)31(28)22-12-8-7-11-21(22)25(34)30(28)20-13-14-20/h4-12,20H,13-18H2,1-3H3. The zero-order valence-electron chi connectivity index (χ0n) is 20.9. The van der Waals surface area contributed by atoms with E-state index in [1.54, 1.807) is 34.1 Å². The maximum Gasteiger partial charge on any atom is 0.354 e. The van der Waals surface area contributed by atoms with Crippen LogP contribution in [-0.2, 0) is 25.7 Å². The maximum absolute atomic E-state index is 13.8.